The second-order valence-corrected chi connectivity index (χ2v) is 7.09. The number of hydrogen-bond donors (Lipinski definition) is 2. The largest absolute Gasteiger partial charge is 0.392 e. The van der Waals surface area contributed by atoms with Crippen molar-refractivity contribution >= 4 is 11.6 Å². The average Bonchev–Trinajstić information content (AvgIpc) is 2.54. The Bertz CT molecular complexity index is 793. The van der Waals surface area contributed by atoms with E-state index in [1.807, 2.05) is 25.1 Å². The van der Waals surface area contributed by atoms with Gasteiger partial charge in [0, 0.05) is 17.7 Å². The van der Waals surface area contributed by atoms with E-state index in [4.69, 9.17) is 0 Å². The van der Waals surface area contributed by atoms with Gasteiger partial charge >= 0.3 is 0 Å². The van der Waals surface area contributed by atoms with E-state index in [9.17, 15) is 9.90 Å². The van der Waals surface area contributed by atoms with E-state index in [0.717, 1.165) is 16.8 Å². The molecule has 0 aliphatic heterocycles. The van der Waals surface area contributed by atoms with Gasteiger partial charge in [-0.3, -0.25) is 4.79 Å². The Kier molecular flexibility index (Phi) is 6.02. The van der Waals surface area contributed by atoms with E-state index in [1.165, 1.54) is 27.8 Å². The molecule has 0 radical (unpaired) electrons. The molecule has 0 aromatic heterocycles. The Morgan fingerprint density at radius 3 is 2.36 bits per heavy atom. The van der Waals surface area contributed by atoms with Crippen molar-refractivity contribution in [2.24, 2.45) is 0 Å². The fourth-order valence-corrected chi connectivity index (χ4v) is 3.67. The molecule has 2 aromatic rings. The molecule has 2 rings (SSSR count). The molecule has 3 heteroatoms. The number of aliphatic hydroxyl groups is 1. The summed E-state index contributed by atoms with van der Waals surface area (Å²) in [6, 6.07) is 7.87. The van der Waals surface area contributed by atoms with Gasteiger partial charge in [0.25, 0.3) is 0 Å². The Morgan fingerprint density at radius 2 is 1.72 bits per heavy atom. The smallest absolute Gasteiger partial charge is 0.224 e. The molecule has 1 amide bonds. The molecule has 0 saturated carbocycles. The van der Waals surface area contributed by atoms with Crippen molar-refractivity contribution in [3.05, 3.63) is 63.2 Å². The Morgan fingerprint density at radius 1 is 1.04 bits per heavy atom. The molecule has 0 aliphatic rings. The van der Waals surface area contributed by atoms with Gasteiger partial charge in [-0.25, -0.2) is 0 Å². The van der Waals surface area contributed by atoms with Crippen molar-refractivity contribution in [2.75, 3.05) is 5.32 Å². The predicted molar refractivity (Wildman–Crippen MR) is 104 cm³/mol. The number of carbonyl (C=O) groups is 1. The number of carbonyl (C=O) groups excluding carboxylic acids is 1. The lowest BCUT2D eigenvalue weighted by molar-refractivity contribution is -0.116. The molecular formula is C22H29NO2. The molecule has 2 N–H and O–H groups in total. The van der Waals surface area contributed by atoms with Crippen molar-refractivity contribution in [1.82, 2.24) is 0 Å². The molecule has 0 spiro atoms. The van der Waals surface area contributed by atoms with Crippen LogP contribution in [0.3, 0.4) is 0 Å². The summed E-state index contributed by atoms with van der Waals surface area (Å²) >= 11 is 0. The van der Waals surface area contributed by atoms with E-state index in [-0.39, 0.29) is 18.4 Å². The van der Waals surface area contributed by atoms with Crippen molar-refractivity contribution in [1.29, 1.82) is 0 Å². The van der Waals surface area contributed by atoms with Crippen LogP contribution in [0, 0.1) is 34.6 Å². The molecule has 0 heterocycles. The lowest BCUT2D eigenvalue weighted by Crippen LogP contribution is -2.17. The Hall–Kier alpha value is -2.13. The SMILES string of the molecule is Cc1cc(C)c(C(C)CC(=O)Nc2c(C)cccc2CO)c(C)c1C. The number of anilines is 1. The van der Waals surface area contributed by atoms with E-state index >= 15 is 0 Å². The molecule has 2 aromatic carbocycles. The van der Waals surface area contributed by atoms with Gasteiger partial charge in [-0.05, 0) is 73.9 Å². The van der Waals surface area contributed by atoms with E-state index < -0.39 is 0 Å². The number of para-hydroxylation sites is 1. The minimum Gasteiger partial charge on any atom is -0.392 e. The third-order valence-electron chi connectivity index (χ3n) is 5.19. The first-order valence-corrected chi connectivity index (χ1v) is 8.82. The van der Waals surface area contributed by atoms with Gasteiger partial charge in [-0.1, -0.05) is 31.2 Å². The molecule has 0 saturated heterocycles. The maximum Gasteiger partial charge on any atom is 0.224 e. The van der Waals surface area contributed by atoms with Crippen molar-refractivity contribution < 1.29 is 9.90 Å². The Balaban J connectivity index is 2.21. The normalized spacial score (nSPS) is 12.1. The zero-order valence-electron chi connectivity index (χ0n) is 16.2. The van der Waals surface area contributed by atoms with Crippen LogP contribution < -0.4 is 5.32 Å². The lowest BCUT2D eigenvalue weighted by Gasteiger charge is -2.21. The molecule has 1 unspecified atom stereocenters. The molecule has 0 fully saturated rings. The summed E-state index contributed by atoms with van der Waals surface area (Å²) in [5.74, 6) is 0.120. The van der Waals surface area contributed by atoms with Gasteiger partial charge in [-0.2, -0.15) is 0 Å². The molecule has 25 heavy (non-hydrogen) atoms. The minimum atomic E-state index is -0.0811. The summed E-state index contributed by atoms with van der Waals surface area (Å²) < 4.78 is 0. The lowest BCUT2D eigenvalue weighted by atomic mass is 9.85. The first-order valence-electron chi connectivity index (χ1n) is 8.82. The second kappa shape index (κ2) is 7.83. The highest BCUT2D eigenvalue weighted by Gasteiger charge is 2.18. The van der Waals surface area contributed by atoms with Gasteiger partial charge < -0.3 is 10.4 Å². The van der Waals surface area contributed by atoms with Gasteiger partial charge in [0.15, 0.2) is 0 Å². The number of nitrogens with one attached hydrogen (secondary N) is 1. The topological polar surface area (TPSA) is 49.3 Å². The van der Waals surface area contributed by atoms with Crippen molar-refractivity contribution in [3.8, 4) is 0 Å². The van der Waals surface area contributed by atoms with E-state index in [0.29, 0.717) is 6.42 Å². The van der Waals surface area contributed by atoms with E-state index in [1.54, 1.807) is 0 Å². The summed E-state index contributed by atoms with van der Waals surface area (Å²) in [5.41, 5.74) is 8.83. The molecule has 1 atom stereocenters. The first-order chi connectivity index (χ1) is 11.8. The molecule has 3 nitrogen and oxygen atoms in total. The quantitative estimate of drug-likeness (QED) is 0.818. The first kappa shape index (κ1) is 19.2. The van der Waals surface area contributed by atoms with Gasteiger partial charge in [0.05, 0.1) is 6.61 Å². The highest BCUT2D eigenvalue weighted by Crippen LogP contribution is 2.31. The predicted octanol–water partition coefficient (Wildman–Crippen LogP) is 4.85. The summed E-state index contributed by atoms with van der Waals surface area (Å²) in [7, 11) is 0. The number of benzene rings is 2. The standard InChI is InChI=1S/C22H29NO2/c1-13-8-7-9-19(12-24)22(13)23-20(25)11-16(4)21-15(3)10-14(2)17(5)18(21)6/h7-10,16,24H,11-12H2,1-6H3,(H,23,25). The number of hydrogen-bond acceptors (Lipinski definition) is 2. The zero-order chi connectivity index (χ0) is 18.7. The summed E-state index contributed by atoms with van der Waals surface area (Å²) in [6.07, 6.45) is 0.420. The summed E-state index contributed by atoms with van der Waals surface area (Å²) in [5, 5.41) is 12.5. The van der Waals surface area contributed by atoms with E-state index in [2.05, 4.69) is 46.0 Å². The van der Waals surface area contributed by atoms with Crippen LogP contribution in [-0.4, -0.2) is 11.0 Å². The molecule has 134 valence electrons. The number of amides is 1. The Labute approximate surface area is 151 Å². The highest BCUT2D eigenvalue weighted by atomic mass is 16.3. The molecule has 0 aliphatic carbocycles. The van der Waals surface area contributed by atoms with Crippen LogP contribution >= 0.6 is 0 Å². The van der Waals surface area contributed by atoms with Crippen LogP contribution in [0.25, 0.3) is 0 Å². The fourth-order valence-electron chi connectivity index (χ4n) is 3.67. The number of aliphatic hydroxyl groups excluding tert-OH is 1. The number of rotatable bonds is 5. The maximum atomic E-state index is 12.6. The van der Waals surface area contributed by atoms with Gasteiger partial charge in [0.2, 0.25) is 5.91 Å². The van der Waals surface area contributed by atoms with Crippen LogP contribution in [0.4, 0.5) is 5.69 Å². The van der Waals surface area contributed by atoms with Crippen LogP contribution in [0.15, 0.2) is 24.3 Å². The number of aryl methyl sites for hydroxylation is 3. The third kappa shape index (κ3) is 4.10. The van der Waals surface area contributed by atoms with Crippen molar-refractivity contribution in [3.63, 3.8) is 0 Å². The van der Waals surface area contributed by atoms with Crippen LogP contribution in [0.5, 0.6) is 0 Å². The minimum absolute atomic E-state index is 0.0199. The summed E-state index contributed by atoms with van der Waals surface area (Å²) in [6.45, 7) is 12.5. The van der Waals surface area contributed by atoms with Gasteiger partial charge in [0.1, 0.15) is 0 Å². The van der Waals surface area contributed by atoms with Crippen LogP contribution in [0.2, 0.25) is 0 Å². The van der Waals surface area contributed by atoms with Gasteiger partial charge in [-0.15, -0.1) is 0 Å². The monoisotopic (exact) mass is 339 g/mol. The highest BCUT2D eigenvalue weighted by molar-refractivity contribution is 5.92. The zero-order valence-corrected chi connectivity index (χ0v) is 16.2. The third-order valence-corrected chi connectivity index (χ3v) is 5.19. The molecule has 0 bridgehead atoms. The molecular weight excluding hydrogens is 310 g/mol. The van der Waals surface area contributed by atoms with Crippen LogP contribution in [0.1, 0.15) is 58.2 Å². The fraction of sp³-hybridized carbons (Fsp3) is 0.409. The average molecular weight is 339 g/mol. The maximum absolute atomic E-state index is 12.6. The summed E-state index contributed by atoms with van der Waals surface area (Å²) in [4.78, 5) is 12.6. The van der Waals surface area contributed by atoms with Crippen molar-refractivity contribution in [2.45, 2.75) is 60.5 Å². The van der Waals surface area contributed by atoms with Crippen LogP contribution in [-0.2, 0) is 11.4 Å². The second-order valence-electron chi connectivity index (χ2n) is 7.09.